The van der Waals surface area contributed by atoms with Crippen LogP contribution >= 0.6 is 0 Å². The highest BCUT2D eigenvalue weighted by Gasteiger charge is 2.11. The van der Waals surface area contributed by atoms with Crippen molar-refractivity contribution in [2.45, 2.75) is 33.7 Å². The SMILES string of the molecule is C.CC(C)CC(N)C(=O)O. The third kappa shape index (κ3) is 5.56. The van der Waals surface area contributed by atoms with Crippen LogP contribution in [0.4, 0.5) is 0 Å². The summed E-state index contributed by atoms with van der Waals surface area (Å²) in [5, 5.41) is 8.31. The minimum Gasteiger partial charge on any atom is -0.480 e. The number of carbonyl (C=O) groups is 1. The summed E-state index contributed by atoms with van der Waals surface area (Å²) in [6.07, 6.45) is 0.551. The molecule has 0 aromatic rings. The first-order chi connectivity index (χ1) is 4.04. The quantitative estimate of drug-likeness (QED) is 0.628. The van der Waals surface area contributed by atoms with Gasteiger partial charge in [0, 0.05) is 0 Å². The molecular formula is C7H17NO2. The Bertz CT molecular complexity index is 102. The summed E-state index contributed by atoms with van der Waals surface area (Å²) >= 11 is 0. The molecule has 10 heavy (non-hydrogen) atoms. The topological polar surface area (TPSA) is 63.3 Å². The third-order valence-electron chi connectivity index (χ3n) is 1.04. The van der Waals surface area contributed by atoms with Gasteiger partial charge in [-0.05, 0) is 12.3 Å². The molecule has 62 valence electrons. The van der Waals surface area contributed by atoms with Crippen molar-refractivity contribution in [3.05, 3.63) is 0 Å². The molecule has 0 aliphatic carbocycles. The van der Waals surface area contributed by atoms with E-state index >= 15 is 0 Å². The lowest BCUT2D eigenvalue weighted by molar-refractivity contribution is -0.138. The number of hydrogen-bond donors (Lipinski definition) is 2. The lowest BCUT2D eigenvalue weighted by Gasteiger charge is -2.07. The fourth-order valence-corrected chi connectivity index (χ4v) is 0.609. The van der Waals surface area contributed by atoms with Crippen LogP contribution in [0.1, 0.15) is 27.7 Å². The number of carboxylic acids is 1. The van der Waals surface area contributed by atoms with Crippen LogP contribution in [0, 0.1) is 5.92 Å². The summed E-state index contributed by atoms with van der Waals surface area (Å²) in [4.78, 5) is 10.1. The predicted octanol–water partition coefficient (Wildman–Crippen LogP) is 1.08. The standard InChI is InChI=1S/C6H13NO2.CH4/c1-4(2)3-5(7)6(8)9;/h4-5H,3,7H2,1-2H3,(H,8,9);1H4. The molecule has 0 aliphatic heterocycles. The zero-order valence-electron chi connectivity index (χ0n) is 5.79. The van der Waals surface area contributed by atoms with Crippen molar-refractivity contribution in [1.82, 2.24) is 0 Å². The molecule has 0 fully saturated rings. The smallest absolute Gasteiger partial charge is 0.320 e. The second kappa shape index (κ2) is 5.23. The maximum absolute atomic E-state index is 10.1. The molecule has 3 nitrogen and oxygen atoms in total. The fraction of sp³-hybridized carbons (Fsp3) is 0.857. The molecule has 0 saturated carbocycles. The Kier molecular flexibility index (Phi) is 6.35. The molecule has 0 saturated heterocycles. The summed E-state index contributed by atoms with van der Waals surface area (Å²) in [6, 6.07) is -0.690. The summed E-state index contributed by atoms with van der Waals surface area (Å²) < 4.78 is 0. The normalized spacial score (nSPS) is 12.4. The van der Waals surface area contributed by atoms with E-state index in [0.29, 0.717) is 12.3 Å². The lowest BCUT2D eigenvalue weighted by Crippen LogP contribution is -2.31. The van der Waals surface area contributed by atoms with Gasteiger partial charge >= 0.3 is 5.97 Å². The van der Waals surface area contributed by atoms with Gasteiger partial charge < -0.3 is 10.8 Å². The maximum atomic E-state index is 10.1. The number of nitrogens with two attached hydrogens (primary N) is 1. The van der Waals surface area contributed by atoms with Crippen LogP contribution in [0.5, 0.6) is 0 Å². The number of carboxylic acid groups (broad SMARTS) is 1. The number of hydrogen-bond acceptors (Lipinski definition) is 2. The molecule has 3 N–H and O–H groups in total. The molecule has 0 aliphatic rings. The highest BCUT2D eigenvalue weighted by Crippen LogP contribution is 2.01. The van der Waals surface area contributed by atoms with Gasteiger partial charge in [-0.25, -0.2) is 0 Å². The van der Waals surface area contributed by atoms with Gasteiger partial charge in [0.05, 0.1) is 0 Å². The highest BCUT2D eigenvalue weighted by molar-refractivity contribution is 5.72. The van der Waals surface area contributed by atoms with Crippen molar-refractivity contribution in [3.8, 4) is 0 Å². The molecule has 1 atom stereocenters. The average molecular weight is 147 g/mol. The van der Waals surface area contributed by atoms with Crippen LogP contribution in [0.25, 0.3) is 0 Å². The Hall–Kier alpha value is -0.570. The van der Waals surface area contributed by atoms with E-state index in [4.69, 9.17) is 10.8 Å². The zero-order valence-corrected chi connectivity index (χ0v) is 5.79. The van der Waals surface area contributed by atoms with Crippen LogP contribution in [0.3, 0.4) is 0 Å². The summed E-state index contributed by atoms with van der Waals surface area (Å²) in [6.45, 7) is 3.89. The van der Waals surface area contributed by atoms with Crippen LogP contribution in [0.2, 0.25) is 0 Å². The van der Waals surface area contributed by atoms with Crippen LogP contribution in [-0.4, -0.2) is 17.1 Å². The van der Waals surface area contributed by atoms with Crippen LogP contribution in [0.15, 0.2) is 0 Å². The van der Waals surface area contributed by atoms with Crippen molar-refractivity contribution in [3.63, 3.8) is 0 Å². The molecule has 0 spiro atoms. The second-order valence-corrected chi connectivity index (χ2v) is 2.57. The molecular weight excluding hydrogens is 130 g/mol. The average Bonchev–Trinajstić information content (AvgIpc) is 1.63. The van der Waals surface area contributed by atoms with Gasteiger partial charge in [-0.3, -0.25) is 4.79 Å². The largest absolute Gasteiger partial charge is 0.480 e. The molecule has 0 rings (SSSR count). The Labute approximate surface area is 62.2 Å². The molecule has 3 heteroatoms. The van der Waals surface area contributed by atoms with Crippen LogP contribution < -0.4 is 5.73 Å². The van der Waals surface area contributed by atoms with E-state index < -0.39 is 12.0 Å². The number of aliphatic carboxylic acids is 1. The molecule has 0 radical (unpaired) electrons. The Morgan fingerprint density at radius 2 is 2.00 bits per heavy atom. The summed E-state index contributed by atoms with van der Waals surface area (Å²) in [5.41, 5.74) is 5.22. The predicted molar refractivity (Wildman–Crippen MR) is 41.8 cm³/mol. The van der Waals surface area contributed by atoms with E-state index in [1.165, 1.54) is 0 Å². The van der Waals surface area contributed by atoms with E-state index in [1.807, 2.05) is 13.8 Å². The molecule has 0 heterocycles. The minimum atomic E-state index is -0.913. The van der Waals surface area contributed by atoms with E-state index in [9.17, 15) is 4.79 Å². The minimum absolute atomic E-state index is 0. The highest BCUT2D eigenvalue weighted by atomic mass is 16.4. The monoisotopic (exact) mass is 147 g/mol. The van der Waals surface area contributed by atoms with Gasteiger partial charge in [-0.1, -0.05) is 21.3 Å². The zero-order chi connectivity index (χ0) is 7.44. The molecule has 0 bridgehead atoms. The molecule has 0 amide bonds. The second-order valence-electron chi connectivity index (χ2n) is 2.57. The van der Waals surface area contributed by atoms with E-state index in [1.54, 1.807) is 0 Å². The van der Waals surface area contributed by atoms with Crippen molar-refractivity contribution >= 4 is 5.97 Å². The van der Waals surface area contributed by atoms with Gasteiger partial charge in [0.25, 0.3) is 0 Å². The Morgan fingerprint density at radius 3 is 2.10 bits per heavy atom. The first-order valence-corrected chi connectivity index (χ1v) is 3.02. The first kappa shape index (κ1) is 12.1. The maximum Gasteiger partial charge on any atom is 0.320 e. The molecule has 0 aromatic heterocycles. The summed E-state index contributed by atoms with van der Waals surface area (Å²) in [5.74, 6) is -0.556. The Balaban J connectivity index is 0. The molecule has 0 aromatic carbocycles. The molecule has 1 unspecified atom stereocenters. The van der Waals surface area contributed by atoms with Gasteiger partial charge in [-0.15, -0.1) is 0 Å². The van der Waals surface area contributed by atoms with Crippen LogP contribution in [-0.2, 0) is 4.79 Å². The summed E-state index contributed by atoms with van der Waals surface area (Å²) in [7, 11) is 0. The van der Waals surface area contributed by atoms with E-state index in [0.717, 1.165) is 0 Å². The number of rotatable bonds is 3. The van der Waals surface area contributed by atoms with Gasteiger partial charge in [0.15, 0.2) is 0 Å². The van der Waals surface area contributed by atoms with Gasteiger partial charge in [0.2, 0.25) is 0 Å². The van der Waals surface area contributed by atoms with Crippen molar-refractivity contribution < 1.29 is 9.90 Å². The van der Waals surface area contributed by atoms with Gasteiger partial charge in [0.1, 0.15) is 6.04 Å². The first-order valence-electron chi connectivity index (χ1n) is 3.02. The van der Waals surface area contributed by atoms with Crippen molar-refractivity contribution in [1.29, 1.82) is 0 Å². The van der Waals surface area contributed by atoms with E-state index in [2.05, 4.69) is 0 Å². The fourth-order valence-electron chi connectivity index (χ4n) is 0.609. The van der Waals surface area contributed by atoms with Crippen molar-refractivity contribution in [2.24, 2.45) is 11.7 Å². The van der Waals surface area contributed by atoms with E-state index in [-0.39, 0.29) is 7.43 Å². The third-order valence-corrected chi connectivity index (χ3v) is 1.04. The van der Waals surface area contributed by atoms with Gasteiger partial charge in [-0.2, -0.15) is 0 Å². The Morgan fingerprint density at radius 1 is 1.60 bits per heavy atom. The lowest BCUT2D eigenvalue weighted by atomic mass is 10.1. The van der Waals surface area contributed by atoms with Crippen molar-refractivity contribution in [2.75, 3.05) is 0 Å².